The summed E-state index contributed by atoms with van der Waals surface area (Å²) in [4.78, 5) is 6.11. The van der Waals surface area contributed by atoms with Gasteiger partial charge in [-0.1, -0.05) is 6.07 Å². The molecule has 0 saturated carbocycles. The highest BCUT2D eigenvalue weighted by molar-refractivity contribution is 7.09. The molecule has 102 valence electrons. The molecule has 2 aromatic heterocycles. The summed E-state index contributed by atoms with van der Waals surface area (Å²) in [6.45, 7) is 4.11. The Morgan fingerprint density at radius 3 is 3.11 bits per heavy atom. The van der Waals surface area contributed by atoms with Crippen LogP contribution in [0.15, 0.2) is 17.5 Å². The predicted molar refractivity (Wildman–Crippen MR) is 78.1 cm³/mol. The van der Waals surface area contributed by atoms with E-state index in [0.717, 1.165) is 32.6 Å². The lowest BCUT2D eigenvalue weighted by atomic mass is 10.0. The molecule has 4 nitrogen and oxygen atoms in total. The zero-order valence-electron chi connectivity index (χ0n) is 11.5. The van der Waals surface area contributed by atoms with Gasteiger partial charge in [-0.2, -0.15) is 5.10 Å². The fourth-order valence-corrected chi connectivity index (χ4v) is 3.38. The average Bonchev–Trinajstić information content (AvgIpc) is 2.99. The van der Waals surface area contributed by atoms with E-state index in [1.807, 2.05) is 11.3 Å². The van der Waals surface area contributed by atoms with Gasteiger partial charge >= 0.3 is 0 Å². The first-order chi connectivity index (χ1) is 9.22. The van der Waals surface area contributed by atoms with Crippen molar-refractivity contribution in [3.63, 3.8) is 0 Å². The van der Waals surface area contributed by atoms with Gasteiger partial charge in [-0.3, -0.25) is 10.00 Å². The molecule has 3 heterocycles. The second kappa shape index (κ2) is 5.45. The molecule has 2 aromatic rings. The lowest BCUT2D eigenvalue weighted by Gasteiger charge is -2.26. The van der Waals surface area contributed by atoms with Crippen molar-refractivity contribution in [2.45, 2.75) is 26.1 Å². The van der Waals surface area contributed by atoms with Crippen molar-refractivity contribution in [1.29, 1.82) is 0 Å². The summed E-state index contributed by atoms with van der Waals surface area (Å²) in [6.07, 6.45) is 1.11. The van der Waals surface area contributed by atoms with Gasteiger partial charge < -0.3 is 4.90 Å². The molecule has 1 aliphatic heterocycles. The molecule has 5 heteroatoms. The van der Waals surface area contributed by atoms with Crippen molar-refractivity contribution in [2.24, 2.45) is 0 Å². The summed E-state index contributed by atoms with van der Waals surface area (Å²) in [5, 5.41) is 9.85. The summed E-state index contributed by atoms with van der Waals surface area (Å²) < 4.78 is 0. The van der Waals surface area contributed by atoms with E-state index in [4.69, 9.17) is 0 Å². The SMILES string of the molecule is CN(C)Cc1n[nH]c2c1CCN(Cc1cccs1)C2. The van der Waals surface area contributed by atoms with Gasteiger partial charge in [0.05, 0.1) is 11.4 Å². The van der Waals surface area contributed by atoms with E-state index in [9.17, 15) is 0 Å². The van der Waals surface area contributed by atoms with Crippen LogP contribution in [0.4, 0.5) is 0 Å². The number of hydrogen-bond acceptors (Lipinski definition) is 4. The number of H-pyrrole nitrogens is 1. The third-order valence-corrected chi connectivity index (χ3v) is 4.38. The molecule has 0 unspecified atom stereocenters. The molecule has 0 aromatic carbocycles. The minimum atomic E-state index is 0.927. The number of hydrogen-bond donors (Lipinski definition) is 1. The Hall–Kier alpha value is -1.17. The average molecular weight is 276 g/mol. The molecule has 0 radical (unpaired) electrons. The van der Waals surface area contributed by atoms with E-state index in [-0.39, 0.29) is 0 Å². The van der Waals surface area contributed by atoms with Crippen LogP contribution in [0.5, 0.6) is 0 Å². The zero-order valence-corrected chi connectivity index (χ0v) is 12.3. The molecule has 19 heavy (non-hydrogen) atoms. The molecule has 1 N–H and O–H groups in total. The summed E-state index contributed by atoms with van der Waals surface area (Å²) in [5.41, 5.74) is 3.96. The smallest absolute Gasteiger partial charge is 0.0797 e. The van der Waals surface area contributed by atoms with Crippen molar-refractivity contribution in [1.82, 2.24) is 20.0 Å². The molecule has 0 fully saturated rings. The maximum atomic E-state index is 4.48. The van der Waals surface area contributed by atoms with Gasteiger partial charge in [0.25, 0.3) is 0 Å². The van der Waals surface area contributed by atoms with Crippen molar-refractivity contribution in [3.05, 3.63) is 39.3 Å². The predicted octanol–water partition coefficient (Wildman–Crippen LogP) is 2.09. The van der Waals surface area contributed by atoms with Crippen molar-refractivity contribution >= 4 is 11.3 Å². The first kappa shape index (κ1) is 12.8. The van der Waals surface area contributed by atoms with Gasteiger partial charge in [-0.25, -0.2) is 0 Å². The van der Waals surface area contributed by atoms with Gasteiger partial charge in [-0.05, 0) is 32.0 Å². The van der Waals surface area contributed by atoms with Gasteiger partial charge in [-0.15, -0.1) is 11.3 Å². The van der Waals surface area contributed by atoms with E-state index in [1.165, 1.54) is 21.8 Å². The van der Waals surface area contributed by atoms with Crippen LogP contribution in [-0.4, -0.2) is 40.6 Å². The number of aromatic nitrogens is 2. The molecule has 0 aliphatic carbocycles. The largest absolute Gasteiger partial charge is 0.303 e. The van der Waals surface area contributed by atoms with E-state index in [1.54, 1.807) is 0 Å². The standard InChI is InChI=1S/C14H20N4S/c1-17(2)9-13-12-5-6-18(10-14(12)16-15-13)8-11-4-3-7-19-11/h3-4,7H,5-6,8-10H2,1-2H3,(H,15,16). The Morgan fingerprint density at radius 1 is 1.47 bits per heavy atom. The van der Waals surface area contributed by atoms with Gasteiger partial charge in [0, 0.05) is 36.6 Å². The van der Waals surface area contributed by atoms with Crippen molar-refractivity contribution < 1.29 is 0 Å². The molecule has 3 rings (SSSR count). The first-order valence-corrected chi connectivity index (χ1v) is 7.55. The summed E-state index contributed by atoms with van der Waals surface area (Å²) in [6, 6.07) is 4.34. The van der Waals surface area contributed by atoms with Crippen LogP contribution < -0.4 is 0 Å². The molecule has 0 bridgehead atoms. The molecule has 1 aliphatic rings. The number of fused-ring (bicyclic) bond motifs is 1. The number of nitrogens with one attached hydrogen (secondary N) is 1. The van der Waals surface area contributed by atoms with Gasteiger partial charge in [0.2, 0.25) is 0 Å². The topological polar surface area (TPSA) is 35.2 Å². The minimum absolute atomic E-state index is 0.927. The second-order valence-electron chi connectivity index (χ2n) is 5.41. The minimum Gasteiger partial charge on any atom is -0.303 e. The molecular formula is C14H20N4S. The number of thiophene rings is 1. The fourth-order valence-electron chi connectivity index (χ4n) is 2.63. The van der Waals surface area contributed by atoms with Gasteiger partial charge in [0.1, 0.15) is 0 Å². The Kier molecular flexibility index (Phi) is 3.68. The number of rotatable bonds is 4. The van der Waals surface area contributed by atoms with Crippen LogP contribution in [-0.2, 0) is 26.1 Å². The fraction of sp³-hybridized carbons (Fsp3) is 0.500. The Balaban J connectivity index is 1.69. The van der Waals surface area contributed by atoms with Crippen LogP contribution in [0.3, 0.4) is 0 Å². The van der Waals surface area contributed by atoms with E-state index < -0.39 is 0 Å². The maximum Gasteiger partial charge on any atom is 0.0797 e. The second-order valence-corrected chi connectivity index (χ2v) is 6.44. The first-order valence-electron chi connectivity index (χ1n) is 6.67. The van der Waals surface area contributed by atoms with Crippen LogP contribution in [0.2, 0.25) is 0 Å². The summed E-state index contributed by atoms with van der Waals surface area (Å²) in [5.74, 6) is 0. The van der Waals surface area contributed by atoms with E-state index in [0.29, 0.717) is 0 Å². The lowest BCUT2D eigenvalue weighted by molar-refractivity contribution is 0.244. The number of nitrogens with zero attached hydrogens (tertiary/aromatic N) is 3. The monoisotopic (exact) mass is 276 g/mol. The summed E-state index contributed by atoms with van der Waals surface area (Å²) in [7, 11) is 4.18. The maximum absolute atomic E-state index is 4.48. The summed E-state index contributed by atoms with van der Waals surface area (Å²) >= 11 is 1.84. The third kappa shape index (κ3) is 2.88. The van der Waals surface area contributed by atoms with E-state index in [2.05, 4.69) is 51.6 Å². The van der Waals surface area contributed by atoms with Crippen molar-refractivity contribution in [2.75, 3.05) is 20.6 Å². The van der Waals surface area contributed by atoms with Crippen LogP contribution >= 0.6 is 11.3 Å². The molecule has 0 saturated heterocycles. The van der Waals surface area contributed by atoms with Crippen LogP contribution in [0.1, 0.15) is 21.8 Å². The Bertz CT molecular complexity index is 530. The quantitative estimate of drug-likeness (QED) is 0.929. The Morgan fingerprint density at radius 2 is 2.37 bits per heavy atom. The lowest BCUT2D eigenvalue weighted by Crippen LogP contribution is -2.30. The van der Waals surface area contributed by atoms with Crippen LogP contribution in [0, 0.1) is 0 Å². The highest BCUT2D eigenvalue weighted by Crippen LogP contribution is 2.23. The normalized spacial score (nSPS) is 15.9. The number of aromatic amines is 1. The van der Waals surface area contributed by atoms with Gasteiger partial charge in [0.15, 0.2) is 0 Å². The van der Waals surface area contributed by atoms with E-state index >= 15 is 0 Å². The highest BCUT2D eigenvalue weighted by atomic mass is 32.1. The third-order valence-electron chi connectivity index (χ3n) is 3.52. The Labute approximate surface area is 118 Å². The molecule has 0 atom stereocenters. The molecule has 0 amide bonds. The van der Waals surface area contributed by atoms with Crippen LogP contribution in [0.25, 0.3) is 0 Å². The zero-order chi connectivity index (χ0) is 13.2. The highest BCUT2D eigenvalue weighted by Gasteiger charge is 2.22. The molecule has 0 spiro atoms. The van der Waals surface area contributed by atoms with Crippen molar-refractivity contribution in [3.8, 4) is 0 Å². The molecular weight excluding hydrogens is 256 g/mol.